The molecule has 0 aliphatic rings. The van der Waals surface area contributed by atoms with Gasteiger partial charge in [0, 0.05) is 18.2 Å². The quantitative estimate of drug-likeness (QED) is 0.826. The molecule has 0 radical (unpaired) electrons. The van der Waals surface area contributed by atoms with E-state index >= 15 is 0 Å². The molecule has 18 heavy (non-hydrogen) atoms. The second-order valence-corrected chi connectivity index (χ2v) is 3.82. The van der Waals surface area contributed by atoms with Crippen LogP contribution in [0.3, 0.4) is 0 Å². The van der Waals surface area contributed by atoms with Crippen molar-refractivity contribution in [1.29, 1.82) is 0 Å². The molecule has 5 nitrogen and oxygen atoms in total. The van der Waals surface area contributed by atoms with Gasteiger partial charge in [-0.3, -0.25) is 4.79 Å². The van der Waals surface area contributed by atoms with E-state index < -0.39 is 5.91 Å². The summed E-state index contributed by atoms with van der Waals surface area (Å²) in [5, 5.41) is 0. The van der Waals surface area contributed by atoms with Crippen molar-refractivity contribution < 1.29 is 4.79 Å². The fraction of sp³-hybridized carbons (Fsp3) is 0.154. The third-order valence-corrected chi connectivity index (χ3v) is 2.55. The first kappa shape index (κ1) is 12.2. The number of nitrogens with two attached hydrogens (primary N) is 2. The Morgan fingerprint density at radius 3 is 2.56 bits per heavy atom. The Balaban J connectivity index is 2.46. The Morgan fingerprint density at radius 1 is 1.22 bits per heavy atom. The molecule has 0 saturated carbocycles. The summed E-state index contributed by atoms with van der Waals surface area (Å²) in [7, 11) is 0. The van der Waals surface area contributed by atoms with Gasteiger partial charge in [0.1, 0.15) is 0 Å². The van der Waals surface area contributed by atoms with E-state index in [9.17, 15) is 4.79 Å². The lowest BCUT2D eigenvalue weighted by Crippen LogP contribution is -2.18. The summed E-state index contributed by atoms with van der Waals surface area (Å²) >= 11 is 0. The molecular formula is C13H14N4O. The largest absolute Gasteiger partial charge is 0.365 e. The summed E-state index contributed by atoms with van der Waals surface area (Å²) in [5.74, 6) is 0.0436. The standard InChI is InChI=1S/C13H14N4O/c14-7-6-11-10(12(15)18)8-16-13(17-11)9-4-2-1-3-5-9/h1-5,8H,6-7,14H2,(H2,15,18). The van der Waals surface area contributed by atoms with E-state index in [-0.39, 0.29) is 0 Å². The van der Waals surface area contributed by atoms with Crippen LogP contribution < -0.4 is 11.5 Å². The van der Waals surface area contributed by atoms with Crippen molar-refractivity contribution in [3.63, 3.8) is 0 Å². The second-order valence-electron chi connectivity index (χ2n) is 3.82. The van der Waals surface area contributed by atoms with Gasteiger partial charge in [-0.05, 0) is 6.54 Å². The highest BCUT2D eigenvalue weighted by Crippen LogP contribution is 2.16. The van der Waals surface area contributed by atoms with Gasteiger partial charge in [0.2, 0.25) is 0 Å². The van der Waals surface area contributed by atoms with Crippen LogP contribution in [0.15, 0.2) is 36.5 Å². The average Bonchev–Trinajstić information content (AvgIpc) is 2.40. The van der Waals surface area contributed by atoms with Crippen molar-refractivity contribution in [3.8, 4) is 11.4 Å². The molecule has 2 rings (SSSR count). The molecule has 92 valence electrons. The first-order valence-electron chi connectivity index (χ1n) is 5.63. The molecular weight excluding hydrogens is 228 g/mol. The summed E-state index contributed by atoms with van der Waals surface area (Å²) in [6.45, 7) is 0.408. The predicted molar refractivity (Wildman–Crippen MR) is 68.7 cm³/mol. The Hall–Kier alpha value is -2.27. The van der Waals surface area contributed by atoms with Crippen molar-refractivity contribution in [3.05, 3.63) is 47.8 Å². The minimum absolute atomic E-state index is 0.333. The second kappa shape index (κ2) is 5.37. The van der Waals surface area contributed by atoms with Gasteiger partial charge in [-0.1, -0.05) is 30.3 Å². The summed E-state index contributed by atoms with van der Waals surface area (Å²) in [6.07, 6.45) is 1.96. The maximum absolute atomic E-state index is 11.2. The van der Waals surface area contributed by atoms with E-state index in [2.05, 4.69) is 9.97 Å². The molecule has 0 aliphatic carbocycles. The van der Waals surface area contributed by atoms with Gasteiger partial charge in [-0.15, -0.1) is 0 Å². The zero-order chi connectivity index (χ0) is 13.0. The number of rotatable bonds is 4. The third kappa shape index (κ3) is 2.52. The monoisotopic (exact) mass is 242 g/mol. The van der Waals surface area contributed by atoms with Gasteiger partial charge in [-0.25, -0.2) is 9.97 Å². The molecule has 0 bridgehead atoms. The van der Waals surface area contributed by atoms with E-state index in [0.29, 0.717) is 30.0 Å². The fourth-order valence-corrected chi connectivity index (χ4v) is 1.68. The maximum atomic E-state index is 11.2. The number of hydrogen-bond acceptors (Lipinski definition) is 4. The smallest absolute Gasteiger partial charge is 0.252 e. The maximum Gasteiger partial charge on any atom is 0.252 e. The summed E-state index contributed by atoms with van der Waals surface area (Å²) in [6, 6.07) is 9.55. The topological polar surface area (TPSA) is 94.9 Å². The summed E-state index contributed by atoms with van der Waals surface area (Å²) in [5.41, 5.74) is 12.6. The van der Waals surface area contributed by atoms with Crippen LogP contribution in [0.25, 0.3) is 11.4 Å². The van der Waals surface area contributed by atoms with Gasteiger partial charge in [0.15, 0.2) is 5.82 Å². The molecule has 0 spiro atoms. The molecule has 1 aromatic carbocycles. The van der Waals surface area contributed by atoms with Gasteiger partial charge in [-0.2, -0.15) is 0 Å². The Morgan fingerprint density at radius 2 is 1.94 bits per heavy atom. The van der Waals surface area contributed by atoms with Crippen molar-refractivity contribution >= 4 is 5.91 Å². The number of carbonyl (C=O) groups excluding carboxylic acids is 1. The molecule has 0 atom stereocenters. The first-order chi connectivity index (χ1) is 8.72. The van der Waals surface area contributed by atoms with Crippen LogP contribution in [0.4, 0.5) is 0 Å². The van der Waals surface area contributed by atoms with Crippen molar-refractivity contribution in [1.82, 2.24) is 9.97 Å². The molecule has 0 saturated heterocycles. The van der Waals surface area contributed by atoms with Crippen LogP contribution in [0.5, 0.6) is 0 Å². The van der Waals surface area contributed by atoms with Crippen LogP contribution in [0, 0.1) is 0 Å². The van der Waals surface area contributed by atoms with Crippen molar-refractivity contribution in [2.24, 2.45) is 11.5 Å². The molecule has 0 aliphatic heterocycles. The zero-order valence-corrected chi connectivity index (χ0v) is 9.84. The minimum atomic E-state index is -0.530. The first-order valence-corrected chi connectivity index (χ1v) is 5.63. The average molecular weight is 242 g/mol. The molecule has 5 heteroatoms. The number of benzene rings is 1. The fourth-order valence-electron chi connectivity index (χ4n) is 1.68. The van der Waals surface area contributed by atoms with Crippen LogP contribution >= 0.6 is 0 Å². The van der Waals surface area contributed by atoms with Gasteiger partial charge >= 0.3 is 0 Å². The van der Waals surface area contributed by atoms with E-state index in [1.54, 1.807) is 0 Å². The normalized spacial score (nSPS) is 10.3. The highest BCUT2D eigenvalue weighted by Gasteiger charge is 2.11. The Kier molecular flexibility index (Phi) is 3.64. The lowest BCUT2D eigenvalue weighted by molar-refractivity contribution is 0.0998. The number of amides is 1. The van der Waals surface area contributed by atoms with E-state index in [0.717, 1.165) is 5.56 Å². The van der Waals surface area contributed by atoms with Crippen molar-refractivity contribution in [2.45, 2.75) is 6.42 Å². The predicted octanol–water partition coefficient (Wildman–Crippen LogP) is 0.744. The minimum Gasteiger partial charge on any atom is -0.365 e. The number of primary amides is 1. The van der Waals surface area contributed by atoms with Crippen LogP contribution in [-0.4, -0.2) is 22.4 Å². The SMILES string of the molecule is NCCc1nc(-c2ccccc2)ncc1C(N)=O. The van der Waals surface area contributed by atoms with Crippen LogP contribution in [-0.2, 0) is 6.42 Å². The molecule has 1 heterocycles. The number of hydrogen-bond donors (Lipinski definition) is 2. The van der Waals surface area contributed by atoms with E-state index in [4.69, 9.17) is 11.5 Å². The van der Waals surface area contributed by atoms with Crippen molar-refractivity contribution in [2.75, 3.05) is 6.54 Å². The molecule has 0 unspecified atom stereocenters. The molecule has 0 fully saturated rings. The molecule has 1 aromatic heterocycles. The third-order valence-electron chi connectivity index (χ3n) is 2.55. The van der Waals surface area contributed by atoms with Gasteiger partial charge < -0.3 is 11.5 Å². The highest BCUT2D eigenvalue weighted by atomic mass is 16.1. The molecule has 2 aromatic rings. The highest BCUT2D eigenvalue weighted by molar-refractivity contribution is 5.93. The molecule has 4 N–H and O–H groups in total. The van der Waals surface area contributed by atoms with Gasteiger partial charge in [0.25, 0.3) is 5.91 Å². The number of aromatic nitrogens is 2. The lowest BCUT2D eigenvalue weighted by Gasteiger charge is -2.07. The Bertz CT molecular complexity index is 554. The van der Waals surface area contributed by atoms with Crippen LogP contribution in [0.2, 0.25) is 0 Å². The lowest BCUT2D eigenvalue weighted by atomic mass is 10.1. The van der Waals surface area contributed by atoms with Gasteiger partial charge in [0.05, 0.1) is 11.3 Å². The summed E-state index contributed by atoms with van der Waals surface area (Å²) < 4.78 is 0. The number of carbonyl (C=O) groups is 1. The Labute approximate surface area is 105 Å². The van der Waals surface area contributed by atoms with Crippen LogP contribution in [0.1, 0.15) is 16.1 Å². The molecule has 1 amide bonds. The number of nitrogens with zero attached hydrogens (tertiary/aromatic N) is 2. The van der Waals surface area contributed by atoms with E-state index in [1.165, 1.54) is 6.20 Å². The van der Waals surface area contributed by atoms with E-state index in [1.807, 2.05) is 30.3 Å². The zero-order valence-electron chi connectivity index (χ0n) is 9.84. The summed E-state index contributed by atoms with van der Waals surface area (Å²) in [4.78, 5) is 19.8.